The summed E-state index contributed by atoms with van der Waals surface area (Å²) in [7, 11) is 1.39. The Bertz CT molecular complexity index is 894. The first-order valence-electron chi connectivity index (χ1n) is 11.2. The van der Waals surface area contributed by atoms with Crippen molar-refractivity contribution in [2.24, 2.45) is 0 Å². The van der Waals surface area contributed by atoms with Gasteiger partial charge in [0.2, 0.25) is 0 Å². The minimum Gasteiger partial charge on any atom is -0.486 e. The Kier molecular flexibility index (Phi) is 7.29. The van der Waals surface area contributed by atoms with E-state index in [9.17, 15) is 9.90 Å². The molecule has 2 heterocycles. The van der Waals surface area contributed by atoms with Crippen LogP contribution in [0, 0.1) is 0 Å². The minimum absolute atomic E-state index is 0.180. The highest BCUT2D eigenvalue weighted by atomic mass is 16.6. The molecule has 0 amide bonds. The first-order valence-corrected chi connectivity index (χ1v) is 11.2. The number of methoxy groups -OCH3 is 1. The van der Waals surface area contributed by atoms with E-state index < -0.39 is 6.10 Å². The van der Waals surface area contributed by atoms with E-state index in [2.05, 4.69) is 0 Å². The number of hydrogen-bond acceptors (Lipinski definition) is 6. The van der Waals surface area contributed by atoms with Crippen molar-refractivity contribution in [2.75, 3.05) is 46.6 Å². The molecule has 2 aliphatic rings. The second-order valence-corrected chi connectivity index (χ2v) is 8.71. The first-order chi connectivity index (χ1) is 15.6. The number of carbonyl (C=O) groups is 1. The summed E-state index contributed by atoms with van der Waals surface area (Å²) in [4.78, 5) is 11.7. The Balaban J connectivity index is 1.27. The van der Waals surface area contributed by atoms with Crippen LogP contribution < -0.4 is 9.47 Å². The smallest absolute Gasteiger partial charge is 0.337 e. The van der Waals surface area contributed by atoms with Crippen molar-refractivity contribution >= 4 is 5.97 Å². The quantitative estimate of drug-likeness (QED) is 0.476. The molecule has 2 aromatic carbocycles. The Morgan fingerprint density at radius 2 is 1.84 bits per heavy atom. The SMILES string of the molecule is COC(=O)c1ccc(C[N+]2(C[C@H](O)COC[C@H]3COc4ccccc4O3)CCCC2)cc1. The number of hydrogen-bond donors (Lipinski definition) is 1. The molecular formula is C25H32NO6+. The maximum absolute atomic E-state index is 11.7. The highest BCUT2D eigenvalue weighted by molar-refractivity contribution is 5.89. The molecule has 2 aliphatic heterocycles. The van der Waals surface area contributed by atoms with Crippen LogP contribution in [0.5, 0.6) is 11.5 Å². The van der Waals surface area contributed by atoms with Gasteiger partial charge in [0.05, 0.1) is 39.0 Å². The third kappa shape index (κ3) is 5.59. The molecule has 32 heavy (non-hydrogen) atoms. The van der Waals surface area contributed by atoms with Gasteiger partial charge in [0, 0.05) is 18.4 Å². The van der Waals surface area contributed by atoms with Gasteiger partial charge >= 0.3 is 5.97 Å². The molecule has 2 aromatic rings. The predicted molar refractivity (Wildman–Crippen MR) is 119 cm³/mol. The Morgan fingerprint density at radius 1 is 1.12 bits per heavy atom. The number of quaternary nitrogens is 1. The van der Waals surface area contributed by atoms with Crippen LogP contribution in [0.15, 0.2) is 48.5 Å². The molecule has 0 aromatic heterocycles. The summed E-state index contributed by atoms with van der Waals surface area (Å²) in [5.41, 5.74) is 1.70. The van der Waals surface area contributed by atoms with E-state index in [0.29, 0.717) is 25.3 Å². The molecule has 7 nitrogen and oxygen atoms in total. The lowest BCUT2D eigenvalue weighted by Crippen LogP contribution is -2.50. The number of carbonyl (C=O) groups excluding carboxylic acids is 1. The predicted octanol–water partition coefficient (Wildman–Crippen LogP) is 2.80. The lowest BCUT2D eigenvalue weighted by Gasteiger charge is -2.36. The summed E-state index contributed by atoms with van der Waals surface area (Å²) >= 11 is 0. The highest BCUT2D eigenvalue weighted by Crippen LogP contribution is 2.31. The molecule has 0 spiro atoms. The van der Waals surface area contributed by atoms with Crippen LogP contribution >= 0.6 is 0 Å². The number of ether oxygens (including phenoxy) is 4. The fraction of sp³-hybridized carbons (Fsp3) is 0.480. The summed E-state index contributed by atoms with van der Waals surface area (Å²) in [5, 5.41) is 10.7. The summed E-state index contributed by atoms with van der Waals surface area (Å²) in [6.07, 6.45) is 1.57. The minimum atomic E-state index is -0.556. The van der Waals surface area contributed by atoms with E-state index in [1.807, 2.05) is 36.4 Å². The maximum atomic E-state index is 11.7. The molecule has 0 radical (unpaired) electrons. The standard InChI is InChI=1S/C25H32NO6/c1-29-25(28)20-10-8-19(9-11-20)14-26(12-4-5-13-26)15-21(27)16-30-17-22-18-31-23-6-2-3-7-24(23)32-22/h2-3,6-11,21-22,27H,4-5,12-18H2,1H3/q+1/t21-,22-/m0/s1. The zero-order chi connectivity index (χ0) is 22.4. The van der Waals surface area contributed by atoms with Crippen molar-refractivity contribution in [2.45, 2.75) is 31.6 Å². The molecule has 4 rings (SSSR count). The Labute approximate surface area is 189 Å². The zero-order valence-electron chi connectivity index (χ0n) is 18.6. The second-order valence-electron chi connectivity index (χ2n) is 8.71. The van der Waals surface area contributed by atoms with E-state index >= 15 is 0 Å². The number of likely N-dealkylation sites (tertiary alicyclic amines) is 1. The number of benzene rings is 2. The fourth-order valence-electron chi connectivity index (χ4n) is 4.64. The van der Waals surface area contributed by atoms with Crippen molar-refractivity contribution in [1.29, 1.82) is 0 Å². The fourth-order valence-corrected chi connectivity index (χ4v) is 4.64. The van der Waals surface area contributed by atoms with Gasteiger partial charge in [0.25, 0.3) is 0 Å². The number of para-hydroxylation sites is 2. The lowest BCUT2D eigenvalue weighted by atomic mass is 10.1. The van der Waals surface area contributed by atoms with Crippen LogP contribution in [-0.4, -0.2) is 74.3 Å². The number of aliphatic hydroxyl groups is 1. The van der Waals surface area contributed by atoms with Crippen molar-refractivity contribution in [3.63, 3.8) is 0 Å². The summed E-state index contributed by atoms with van der Waals surface area (Å²) < 4.78 is 23.0. The third-order valence-electron chi connectivity index (χ3n) is 6.19. The van der Waals surface area contributed by atoms with E-state index in [1.165, 1.54) is 7.11 Å². The van der Waals surface area contributed by atoms with E-state index in [0.717, 1.165) is 54.0 Å². The normalized spacial score (nSPS) is 20.0. The number of rotatable bonds is 9. The summed E-state index contributed by atoms with van der Waals surface area (Å²) in [6.45, 7) is 4.62. The van der Waals surface area contributed by atoms with Gasteiger partial charge in [-0.1, -0.05) is 24.3 Å². The van der Waals surface area contributed by atoms with E-state index in [1.54, 1.807) is 12.1 Å². The second kappa shape index (κ2) is 10.3. The molecule has 0 bridgehead atoms. The van der Waals surface area contributed by atoms with Gasteiger partial charge in [-0.15, -0.1) is 0 Å². The van der Waals surface area contributed by atoms with Gasteiger partial charge in [0.1, 0.15) is 25.8 Å². The molecule has 172 valence electrons. The molecule has 0 aliphatic carbocycles. The monoisotopic (exact) mass is 442 g/mol. The Morgan fingerprint density at radius 3 is 2.56 bits per heavy atom. The molecule has 0 unspecified atom stereocenters. The van der Waals surface area contributed by atoms with Gasteiger partial charge in [0.15, 0.2) is 17.6 Å². The molecular weight excluding hydrogens is 410 g/mol. The van der Waals surface area contributed by atoms with Crippen LogP contribution in [0.3, 0.4) is 0 Å². The number of aliphatic hydroxyl groups excluding tert-OH is 1. The largest absolute Gasteiger partial charge is 0.486 e. The molecule has 0 saturated carbocycles. The van der Waals surface area contributed by atoms with Gasteiger partial charge < -0.3 is 28.5 Å². The molecule has 1 N–H and O–H groups in total. The zero-order valence-corrected chi connectivity index (χ0v) is 18.6. The van der Waals surface area contributed by atoms with Crippen LogP contribution in [0.4, 0.5) is 0 Å². The molecule has 2 atom stereocenters. The average Bonchev–Trinajstić information content (AvgIpc) is 3.26. The number of fused-ring (bicyclic) bond motifs is 1. The topological polar surface area (TPSA) is 74.2 Å². The summed E-state index contributed by atoms with van der Waals surface area (Å²) in [6, 6.07) is 15.2. The highest BCUT2D eigenvalue weighted by Gasteiger charge is 2.34. The van der Waals surface area contributed by atoms with Crippen LogP contribution in [0.25, 0.3) is 0 Å². The van der Waals surface area contributed by atoms with Gasteiger partial charge in [-0.05, 0) is 24.3 Å². The number of nitrogens with zero attached hydrogens (tertiary/aromatic N) is 1. The molecule has 1 saturated heterocycles. The average molecular weight is 443 g/mol. The van der Waals surface area contributed by atoms with Crippen LogP contribution in [0.1, 0.15) is 28.8 Å². The van der Waals surface area contributed by atoms with Gasteiger partial charge in [-0.25, -0.2) is 4.79 Å². The van der Waals surface area contributed by atoms with Gasteiger partial charge in [-0.3, -0.25) is 0 Å². The van der Waals surface area contributed by atoms with Crippen LogP contribution in [0.2, 0.25) is 0 Å². The van der Waals surface area contributed by atoms with Crippen molar-refractivity contribution in [3.05, 3.63) is 59.7 Å². The molecule has 7 heteroatoms. The first kappa shape index (κ1) is 22.6. The Hall–Kier alpha value is -2.61. The number of esters is 1. The van der Waals surface area contributed by atoms with Crippen molar-refractivity contribution in [1.82, 2.24) is 0 Å². The molecule has 1 fully saturated rings. The third-order valence-corrected chi connectivity index (χ3v) is 6.19. The summed E-state index contributed by atoms with van der Waals surface area (Å²) in [5.74, 6) is 1.15. The van der Waals surface area contributed by atoms with Crippen molar-refractivity contribution in [3.8, 4) is 11.5 Å². The van der Waals surface area contributed by atoms with E-state index in [-0.39, 0.29) is 18.7 Å². The maximum Gasteiger partial charge on any atom is 0.337 e. The van der Waals surface area contributed by atoms with Crippen molar-refractivity contribution < 1.29 is 33.3 Å². The van der Waals surface area contributed by atoms with Gasteiger partial charge in [-0.2, -0.15) is 0 Å². The lowest BCUT2D eigenvalue weighted by molar-refractivity contribution is -0.932. The van der Waals surface area contributed by atoms with Crippen LogP contribution in [-0.2, 0) is 16.0 Å². The van der Waals surface area contributed by atoms with E-state index in [4.69, 9.17) is 18.9 Å².